The van der Waals surface area contributed by atoms with Gasteiger partial charge in [-0.1, -0.05) is 18.2 Å². The van der Waals surface area contributed by atoms with Crippen molar-refractivity contribution in [3.05, 3.63) is 64.0 Å². The molecule has 1 aromatic heterocycles. The van der Waals surface area contributed by atoms with E-state index in [0.29, 0.717) is 18.1 Å². The lowest BCUT2D eigenvalue weighted by molar-refractivity contribution is -0.385. The predicted molar refractivity (Wildman–Crippen MR) is 103 cm³/mol. The molecule has 1 N–H and O–H groups in total. The van der Waals surface area contributed by atoms with E-state index in [1.165, 1.54) is 18.2 Å². The average molecular weight is 405 g/mol. The van der Waals surface area contributed by atoms with Crippen molar-refractivity contribution >= 4 is 32.2 Å². The second kappa shape index (κ2) is 7.72. The molecule has 3 aromatic rings. The fraction of sp³-hybridized carbons (Fsp3) is 0.118. The summed E-state index contributed by atoms with van der Waals surface area (Å²) in [6.07, 6.45) is 0. The van der Waals surface area contributed by atoms with Gasteiger partial charge in [-0.2, -0.15) is 0 Å². The largest absolute Gasteiger partial charge is 0.493 e. The van der Waals surface area contributed by atoms with Gasteiger partial charge in [0.05, 0.1) is 22.1 Å². The number of thiazole rings is 1. The van der Waals surface area contributed by atoms with E-state index in [4.69, 9.17) is 4.74 Å². The quantitative estimate of drug-likeness (QED) is 0.471. The minimum Gasteiger partial charge on any atom is -0.493 e. The van der Waals surface area contributed by atoms with Gasteiger partial charge in [0.25, 0.3) is 15.7 Å². The summed E-state index contributed by atoms with van der Waals surface area (Å²) < 4.78 is 32.9. The fourth-order valence-corrected chi connectivity index (χ4v) is 4.34. The first-order valence-corrected chi connectivity index (χ1v) is 10.2. The molecule has 0 bridgehead atoms. The van der Waals surface area contributed by atoms with Gasteiger partial charge in [-0.05, 0) is 25.1 Å². The third-order valence-corrected chi connectivity index (χ3v) is 5.75. The Morgan fingerprint density at radius 3 is 2.74 bits per heavy atom. The molecule has 0 saturated heterocycles. The number of anilines is 1. The van der Waals surface area contributed by atoms with Gasteiger partial charge in [0.1, 0.15) is 5.75 Å². The Labute approximate surface area is 159 Å². The normalized spacial score (nSPS) is 11.1. The zero-order valence-corrected chi connectivity index (χ0v) is 15.8. The van der Waals surface area contributed by atoms with Crippen LogP contribution in [0, 0.1) is 10.1 Å². The first-order valence-electron chi connectivity index (χ1n) is 7.85. The Morgan fingerprint density at radius 2 is 2.00 bits per heavy atom. The van der Waals surface area contributed by atoms with Crippen LogP contribution in [-0.2, 0) is 10.0 Å². The first-order chi connectivity index (χ1) is 12.9. The molecule has 27 heavy (non-hydrogen) atoms. The molecule has 0 unspecified atom stereocenters. The van der Waals surface area contributed by atoms with E-state index in [0.717, 1.165) is 23.0 Å². The van der Waals surface area contributed by atoms with E-state index in [1.807, 2.05) is 31.2 Å². The smallest absolute Gasteiger partial charge is 0.270 e. The molecule has 1 heterocycles. The number of nitrogens with zero attached hydrogens (tertiary/aromatic N) is 2. The van der Waals surface area contributed by atoms with Crippen LogP contribution < -0.4 is 9.46 Å². The number of aromatic nitrogens is 1. The van der Waals surface area contributed by atoms with Gasteiger partial charge in [-0.3, -0.25) is 14.8 Å². The van der Waals surface area contributed by atoms with Crippen molar-refractivity contribution in [2.45, 2.75) is 11.8 Å². The van der Waals surface area contributed by atoms with Crippen molar-refractivity contribution in [3.8, 4) is 17.0 Å². The number of hydrogen-bond donors (Lipinski definition) is 1. The molecule has 140 valence electrons. The number of rotatable bonds is 7. The number of benzene rings is 2. The molecule has 0 atom stereocenters. The van der Waals surface area contributed by atoms with Crippen LogP contribution in [0.25, 0.3) is 11.3 Å². The van der Waals surface area contributed by atoms with Crippen LogP contribution in [0.4, 0.5) is 10.8 Å². The highest BCUT2D eigenvalue weighted by Crippen LogP contribution is 2.33. The number of non-ortho nitro benzene ring substituents is 1. The molecule has 0 aliphatic carbocycles. The molecular formula is C17H15N3O5S2. The summed E-state index contributed by atoms with van der Waals surface area (Å²) in [6.45, 7) is 2.36. The van der Waals surface area contributed by atoms with Crippen LogP contribution in [0.5, 0.6) is 5.75 Å². The number of nitro groups is 1. The van der Waals surface area contributed by atoms with E-state index >= 15 is 0 Å². The molecule has 0 amide bonds. The second-order valence-corrected chi connectivity index (χ2v) is 7.87. The Morgan fingerprint density at radius 1 is 1.22 bits per heavy atom. The molecule has 0 aliphatic rings. The van der Waals surface area contributed by atoms with Gasteiger partial charge in [0.2, 0.25) is 0 Å². The lowest BCUT2D eigenvalue weighted by Gasteiger charge is -2.07. The number of nitro benzene ring substituents is 1. The summed E-state index contributed by atoms with van der Waals surface area (Å²) in [5.41, 5.74) is 1.01. The van der Waals surface area contributed by atoms with Crippen molar-refractivity contribution in [1.29, 1.82) is 0 Å². The summed E-state index contributed by atoms with van der Waals surface area (Å²) in [7, 11) is -4.00. The lowest BCUT2D eigenvalue weighted by atomic mass is 10.1. The monoisotopic (exact) mass is 405 g/mol. The lowest BCUT2D eigenvalue weighted by Crippen LogP contribution is -2.13. The standard InChI is InChI=1S/C17H15N3O5S2/c1-2-25-16-9-4-3-8-14(16)15-11-26-17(18-15)19-27(23,24)13-7-5-6-12(10-13)20(21)22/h3-11H,2H2,1H3,(H,18,19). The fourth-order valence-electron chi connectivity index (χ4n) is 2.34. The highest BCUT2D eigenvalue weighted by molar-refractivity contribution is 7.93. The van der Waals surface area contributed by atoms with Crippen LogP contribution in [0.15, 0.2) is 58.8 Å². The van der Waals surface area contributed by atoms with Crippen molar-refractivity contribution in [1.82, 2.24) is 4.98 Å². The van der Waals surface area contributed by atoms with Gasteiger partial charge in [0, 0.05) is 23.1 Å². The van der Waals surface area contributed by atoms with E-state index in [1.54, 1.807) is 5.38 Å². The van der Waals surface area contributed by atoms with Crippen LogP contribution >= 0.6 is 11.3 Å². The van der Waals surface area contributed by atoms with Gasteiger partial charge in [0.15, 0.2) is 5.13 Å². The van der Waals surface area contributed by atoms with E-state index in [2.05, 4.69) is 9.71 Å². The highest BCUT2D eigenvalue weighted by Gasteiger charge is 2.20. The van der Waals surface area contributed by atoms with Crippen LogP contribution in [-0.4, -0.2) is 24.9 Å². The Bertz CT molecular complexity index is 1080. The molecule has 3 rings (SSSR count). The topological polar surface area (TPSA) is 111 Å². The van der Waals surface area contributed by atoms with E-state index in [9.17, 15) is 18.5 Å². The third kappa shape index (κ3) is 4.23. The average Bonchev–Trinajstić information content (AvgIpc) is 3.10. The molecule has 0 radical (unpaired) electrons. The third-order valence-electron chi connectivity index (χ3n) is 3.53. The maximum absolute atomic E-state index is 12.5. The number of hydrogen-bond acceptors (Lipinski definition) is 7. The van der Waals surface area contributed by atoms with Crippen molar-refractivity contribution in [2.24, 2.45) is 0 Å². The number of ether oxygens (including phenoxy) is 1. The molecule has 10 heteroatoms. The maximum atomic E-state index is 12.5. The summed E-state index contributed by atoms with van der Waals surface area (Å²) in [5, 5.41) is 12.7. The van der Waals surface area contributed by atoms with Crippen LogP contribution in [0.1, 0.15) is 6.92 Å². The molecule has 0 aliphatic heterocycles. The van der Waals surface area contributed by atoms with Crippen molar-refractivity contribution in [2.75, 3.05) is 11.3 Å². The summed E-state index contributed by atoms with van der Waals surface area (Å²) >= 11 is 1.11. The molecule has 0 spiro atoms. The molecule has 2 aromatic carbocycles. The van der Waals surface area contributed by atoms with Crippen LogP contribution in [0.3, 0.4) is 0 Å². The van der Waals surface area contributed by atoms with Crippen molar-refractivity contribution in [3.63, 3.8) is 0 Å². The molecule has 8 nitrogen and oxygen atoms in total. The summed E-state index contributed by atoms with van der Waals surface area (Å²) in [4.78, 5) is 14.3. The van der Waals surface area contributed by atoms with Gasteiger partial charge >= 0.3 is 0 Å². The zero-order valence-electron chi connectivity index (χ0n) is 14.2. The second-order valence-electron chi connectivity index (χ2n) is 5.33. The minimum atomic E-state index is -4.00. The van der Waals surface area contributed by atoms with Crippen molar-refractivity contribution < 1.29 is 18.1 Å². The zero-order chi connectivity index (χ0) is 19.4. The molecule has 0 fully saturated rings. The van der Waals surface area contributed by atoms with Crippen LogP contribution in [0.2, 0.25) is 0 Å². The predicted octanol–water partition coefficient (Wildman–Crippen LogP) is 3.92. The number of nitrogens with one attached hydrogen (secondary N) is 1. The number of para-hydroxylation sites is 1. The van der Waals surface area contributed by atoms with Gasteiger partial charge < -0.3 is 4.74 Å². The number of sulfonamides is 1. The molecular weight excluding hydrogens is 390 g/mol. The Kier molecular flexibility index (Phi) is 5.38. The summed E-state index contributed by atoms with van der Waals surface area (Å²) in [5.74, 6) is 0.651. The Balaban J connectivity index is 1.88. The van der Waals surface area contributed by atoms with Gasteiger partial charge in [-0.25, -0.2) is 13.4 Å². The highest BCUT2D eigenvalue weighted by atomic mass is 32.2. The van der Waals surface area contributed by atoms with E-state index < -0.39 is 14.9 Å². The SMILES string of the molecule is CCOc1ccccc1-c1csc(NS(=O)(=O)c2cccc([N+](=O)[O-])c2)n1. The maximum Gasteiger partial charge on any atom is 0.270 e. The first kappa shape index (κ1) is 18.8. The molecule has 0 saturated carbocycles. The Hall–Kier alpha value is -2.98. The summed E-state index contributed by atoms with van der Waals surface area (Å²) in [6, 6.07) is 12.2. The van der Waals surface area contributed by atoms with Gasteiger partial charge in [-0.15, -0.1) is 11.3 Å². The van der Waals surface area contributed by atoms with E-state index in [-0.39, 0.29) is 15.7 Å². The minimum absolute atomic E-state index is 0.155.